The van der Waals surface area contributed by atoms with Gasteiger partial charge in [0.2, 0.25) is 0 Å². The first-order chi connectivity index (χ1) is 8.08. The van der Waals surface area contributed by atoms with Crippen LogP contribution in [0.25, 0.3) is 5.82 Å². The van der Waals surface area contributed by atoms with E-state index < -0.39 is 12.0 Å². The normalized spacial score (nSPS) is 12.4. The summed E-state index contributed by atoms with van der Waals surface area (Å²) in [5, 5.41) is 13.4. The van der Waals surface area contributed by atoms with E-state index in [0.29, 0.717) is 5.82 Å². The van der Waals surface area contributed by atoms with E-state index in [1.54, 1.807) is 31.5 Å². The van der Waals surface area contributed by atoms with Gasteiger partial charge in [-0.2, -0.15) is 5.10 Å². The first-order valence-corrected chi connectivity index (χ1v) is 5.08. The summed E-state index contributed by atoms with van der Waals surface area (Å²) in [6.07, 6.45) is 2.58. The van der Waals surface area contributed by atoms with Crippen LogP contribution in [0.1, 0.15) is 29.1 Å². The molecule has 0 unspecified atom stereocenters. The number of nitrogens with zero attached hydrogens (tertiary/aromatic N) is 3. The van der Waals surface area contributed by atoms with Gasteiger partial charge in [0.25, 0.3) is 5.91 Å². The van der Waals surface area contributed by atoms with Crippen LogP contribution in [-0.2, 0) is 0 Å². The number of aliphatic hydroxyl groups is 1. The Morgan fingerprint density at radius 2 is 2.29 bits per heavy atom. The maximum absolute atomic E-state index is 10.9. The molecule has 17 heavy (non-hydrogen) atoms. The number of hydrogen-bond donors (Lipinski definition) is 2. The second-order valence-electron chi connectivity index (χ2n) is 3.63. The zero-order valence-corrected chi connectivity index (χ0v) is 9.24. The van der Waals surface area contributed by atoms with Gasteiger partial charge in [-0.05, 0) is 30.7 Å². The van der Waals surface area contributed by atoms with E-state index in [9.17, 15) is 9.90 Å². The van der Waals surface area contributed by atoms with Crippen molar-refractivity contribution in [1.82, 2.24) is 14.8 Å². The maximum Gasteiger partial charge on any atom is 0.269 e. The van der Waals surface area contributed by atoms with Crippen molar-refractivity contribution < 1.29 is 9.90 Å². The fourth-order valence-electron chi connectivity index (χ4n) is 1.40. The number of aromatic nitrogens is 3. The van der Waals surface area contributed by atoms with Gasteiger partial charge in [-0.3, -0.25) is 4.79 Å². The average molecular weight is 232 g/mol. The van der Waals surface area contributed by atoms with Gasteiger partial charge in [0.05, 0.1) is 6.10 Å². The van der Waals surface area contributed by atoms with Crippen LogP contribution >= 0.6 is 0 Å². The number of nitrogens with two attached hydrogens (primary N) is 1. The Balaban J connectivity index is 2.38. The third kappa shape index (κ3) is 2.31. The van der Waals surface area contributed by atoms with E-state index in [1.165, 1.54) is 10.7 Å². The van der Waals surface area contributed by atoms with Crippen LogP contribution in [0.2, 0.25) is 0 Å². The lowest BCUT2D eigenvalue weighted by atomic mass is 10.2. The van der Waals surface area contributed by atoms with Gasteiger partial charge in [0.15, 0.2) is 5.82 Å². The zero-order chi connectivity index (χ0) is 12.4. The molecule has 1 amide bonds. The van der Waals surface area contributed by atoms with E-state index in [-0.39, 0.29) is 5.69 Å². The standard InChI is InChI=1S/C11H12N4O2/c1-7(16)8-2-4-13-10(6-8)15-5-3-9(14-15)11(12)17/h2-7,16H,1H3,(H2,12,17)/t7-/m0/s1. The van der Waals surface area contributed by atoms with Crippen molar-refractivity contribution in [3.8, 4) is 5.82 Å². The van der Waals surface area contributed by atoms with Crippen LogP contribution in [0.15, 0.2) is 30.6 Å². The van der Waals surface area contributed by atoms with Crippen LogP contribution in [0, 0.1) is 0 Å². The minimum atomic E-state index is -0.588. The third-order valence-corrected chi connectivity index (χ3v) is 2.33. The van der Waals surface area contributed by atoms with E-state index in [4.69, 9.17) is 5.73 Å². The summed E-state index contributed by atoms with van der Waals surface area (Å²) in [7, 11) is 0. The number of amides is 1. The highest BCUT2D eigenvalue weighted by molar-refractivity contribution is 5.90. The van der Waals surface area contributed by atoms with Crippen LogP contribution < -0.4 is 5.73 Å². The van der Waals surface area contributed by atoms with Crippen LogP contribution in [0.4, 0.5) is 0 Å². The molecule has 1 atom stereocenters. The summed E-state index contributed by atoms with van der Waals surface area (Å²) in [6.45, 7) is 1.66. The molecule has 0 spiro atoms. The lowest BCUT2D eigenvalue weighted by Crippen LogP contribution is -2.12. The average Bonchev–Trinajstić information content (AvgIpc) is 2.78. The number of carbonyl (C=O) groups is 1. The Morgan fingerprint density at radius 1 is 1.53 bits per heavy atom. The molecule has 0 fully saturated rings. The number of primary amides is 1. The van der Waals surface area contributed by atoms with Crippen molar-refractivity contribution in [2.45, 2.75) is 13.0 Å². The number of pyridine rings is 1. The Hall–Kier alpha value is -2.21. The Labute approximate surface area is 97.7 Å². The minimum Gasteiger partial charge on any atom is -0.389 e. The van der Waals surface area contributed by atoms with Gasteiger partial charge in [-0.15, -0.1) is 0 Å². The van der Waals surface area contributed by atoms with Gasteiger partial charge >= 0.3 is 0 Å². The summed E-state index contributed by atoms with van der Waals surface area (Å²) in [5.74, 6) is -0.0636. The van der Waals surface area contributed by atoms with Crippen LogP contribution in [0.3, 0.4) is 0 Å². The minimum absolute atomic E-state index is 0.175. The van der Waals surface area contributed by atoms with Crippen molar-refractivity contribution in [2.24, 2.45) is 5.73 Å². The molecule has 0 bridgehead atoms. The summed E-state index contributed by atoms with van der Waals surface area (Å²) >= 11 is 0. The first-order valence-electron chi connectivity index (χ1n) is 5.08. The summed E-state index contributed by atoms with van der Waals surface area (Å²) in [6, 6.07) is 4.92. The highest BCUT2D eigenvalue weighted by atomic mass is 16.3. The molecule has 0 aliphatic heterocycles. The molecule has 0 saturated heterocycles. The number of carbonyl (C=O) groups excluding carboxylic acids is 1. The number of rotatable bonds is 3. The van der Waals surface area contributed by atoms with E-state index >= 15 is 0 Å². The number of hydrogen-bond acceptors (Lipinski definition) is 4. The maximum atomic E-state index is 10.9. The Morgan fingerprint density at radius 3 is 2.88 bits per heavy atom. The number of aliphatic hydroxyl groups excluding tert-OH is 1. The highest BCUT2D eigenvalue weighted by Crippen LogP contribution is 2.14. The third-order valence-electron chi connectivity index (χ3n) is 2.33. The lowest BCUT2D eigenvalue weighted by Gasteiger charge is -2.06. The molecule has 0 radical (unpaired) electrons. The molecule has 3 N–H and O–H groups in total. The van der Waals surface area contributed by atoms with Crippen molar-refractivity contribution >= 4 is 5.91 Å². The second-order valence-corrected chi connectivity index (χ2v) is 3.63. The van der Waals surface area contributed by atoms with Crippen molar-refractivity contribution in [3.63, 3.8) is 0 Å². The van der Waals surface area contributed by atoms with Gasteiger partial charge in [0, 0.05) is 12.4 Å². The molecule has 2 rings (SSSR count). The fourth-order valence-corrected chi connectivity index (χ4v) is 1.40. The Kier molecular flexibility index (Phi) is 2.88. The molecule has 88 valence electrons. The lowest BCUT2D eigenvalue weighted by molar-refractivity contribution is 0.0995. The van der Waals surface area contributed by atoms with Gasteiger partial charge in [-0.25, -0.2) is 9.67 Å². The second kappa shape index (κ2) is 4.34. The molecular weight excluding hydrogens is 220 g/mol. The highest BCUT2D eigenvalue weighted by Gasteiger charge is 2.08. The van der Waals surface area contributed by atoms with Crippen molar-refractivity contribution in [2.75, 3.05) is 0 Å². The molecule has 2 heterocycles. The summed E-state index contributed by atoms with van der Waals surface area (Å²) in [5.41, 5.74) is 6.01. The zero-order valence-electron chi connectivity index (χ0n) is 9.24. The SMILES string of the molecule is C[C@H](O)c1ccnc(-n2ccc(C(N)=O)n2)c1. The first kappa shape index (κ1) is 11.3. The summed E-state index contributed by atoms with van der Waals surface area (Å²) < 4.78 is 1.44. The topological polar surface area (TPSA) is 94.0 Å². The largest absolute Gasteiger partial charge is 0.389 e. The molecule has 6 nitrogen and oxygen atoms in total. The van der Waals surface area contributed by atoms with E-state index in [2.05, 4.69) is 10.1 Å². The van der Waals surface area contributed by atoms with Crippen LogP contribution in [-0.4, -0.2) is 25.8 Å². The van der Waals surface area contributed by atoms with E-state index in [1.807, 2.05) is 0 Å². The fraction of sp³-hybridized carbons (Fsp3) is 0.182. The van der Waals surface area contributed by atoms with Crippen molar-refractivity contribution in [1.29, 1.82) is 0 Å². The molecular formula is C11H12N4O2. The molecule has 0 aromatic carbocycles. The Bertz CT molecular complexity index is 548. The molecule has 0 aliphatic rings. The van der Waals surface area contributed by atoms with Gasteiger partial charge in [0.1, 0.15) is 5.69 Å². The van der Waals surface area contributed by atoms with Gasteiger partial charge in [-0.1, -0.05) is 0 Å². The molecule has 0 saturated carbocycles. The quantitative estimate of drug-likeness (QED) is 0.801. The molecule has 0 aliphatic carbocycles. The monoisotopic (exact) mass is 232 g/mol. The molecule has 6 heteroatoms. The van der Waals surface area contributed by atoms with Crippen molar-refractivity contribution in [3.05, 3.63) is 41.9 Å². The smallest absolute Gasteiger partial charge is 0.269 e. The van der Waals surface area contributed by atoms with Crippen LogP contribution in [0.5, 0.6) is 0 Å². The summed E-state index contributed by atoms with van der Waals surface area (Å²) in [4.78, 5) is 15.0. The predicted molar refractivity (Wildman–Crippen MR) is 60.5 cm³/mol. The van der Waals surface area contributed by atoms with E-state index in [0.717, 1.165) is 5.56 Å². The van der Waals surface area contributed by atoms with Gasteiger partial charge < -0.3 is 10.8 Å². The predicted octanol–water partition coefficient (Wildman–Crippen LogP) is 0.420. The molecule has 2 aromatic heterocycles. The molecule has 2 aromatic rings.